The van der Waals surface area contributed by atoms with Crippen molar-refractivity contribution in [2.24, 2.45) is 0 Å². The number of carboxylic acids is 1. The number of carboxylic acid groups (broad SMARTS) is 1. The Hall–Kier alpha value is -1.79. The molecule has 0 aromatic carbocycles. The lowest BCUT2D eigenvalue weighted by atomic mass is 10.1. The number of amides is 3. The van der Waals surface area contributed by atoms with Crippen molar-refractivity contribution >= 4 is 17.9 Å². The van der Waals surface area contributed by atoms with E-state index in [1.807, 2.05) is 0 Å². The summed E-state index contributed by atoms with van der Waals surface area (Å²) in [7, 11) is 1.46. The van der Waals surface area contributed by atoms with Gasteiger partial charge in [-0.25, -0.2) is 4.79 Å². The minimum Gasteiger partial charge on any atom is -0.481 e. The van der Waals surface area contributed by atoms with Crippen molar-refractivity contribution < 1.29 is 19.5 Å². The van der Waals surface area contributed by atoms with Gasteiger partial charge in [0.2, 0.25) is 5.91 Å². The highest BCUT2D eigenvalue weighted by atomic mass is 16.4. The number of carbonyl (C=O) groups excluding carboxylic acids is 2. The van der Waals surface area contributed by atoms with E-state index >= 15 is 0 Å². The Balaban J connectivity index is 3.91. The van der Waals surface area contributed by atoms with Crippen molar-refractivity contribution in [2.75, 3.05) is 13.6 Å². The van der Waals surface area contributed by atoms with Crippen LogP contribution in [0.25, 0.3) is 0 Å². The Bertz CT molecular complexity index is 267. The average molecular weight is 231 g/mol. The summed E-state index contributed by atoms with van der Waals surface area (Å²) in [6, 6.07) is -0.973. The van der Waals surface area contributed by atoms with Gasteiger partial charge in [0, 0.05) is 13.1 Å². The van der Waals surface area contributed by atoms with Crippen LogP contribution in [0.15, 0.2) is 0 Å². The molecule has 0 saturated heterocycles. The minimum absolute atomic E-state index is 0.133. The van der Waals surface area contributed by atoms with Gasteiger partial charge in [-0.15, -0.1) is 0 Å². The lowest BCUT2D eigenvalue weighted by Crippen LogP contribution is -2.45. The first-order chi connectivity index (χ1) is 7.49. The molecule has 0 rings (SSSR count). The lowest BCUT2D eigenvalue weighted by molar-refractivity contribution is -0.137. The Morgan fingerprint density at radius 1 is 1.31 bits per heavy atom. The number of rotatable bonds is 6. The normalized spacial score (nSPS) is 11.4. The molecule has 7 heteroatoms. The molecule has 0 spiro atoms. The van der Waals surface area contributed by atoms with Crippen LogP contribution in [0.1, 0.15) is 19.8 Å². The number of hydrogen-bond acceptors (Lipinski definition) is 3. The van der Waals surface area contributed by atoms with Crippen molar-refractivity contribution in [3.05, 3.63) is 0 Å². The van der Waals surface area contributed by atoms with E-state index in [0.29, 0.717) is 6.42 Å². The number of aliphatic carboxylic acids is 1. The van der Waals surface area contributed by atoms with Crippen LogP contribution in [0.5, 0.6) is 0 Å². The van der Waals surface area contributed by atoms with Crippen LogP contribution in [0.2, 0.25) is 0 Å². The fourth-order valence-electron chi connectivity index (χ4n) is 0.994. The molecular formula is C9H17N3O4. The SMILES string of the molecule is CCC(CC(=O)O)NC(=O)NCC(=O)NC. The summed E-state index contributed by atoms with van der Waals surface area (Å²) < 4.78 is 0. The van der Waals surface area contributed by atoms with Crippen molar-refractivity contribution in [1.82, 2.24) is 16.0 Å². The standard InChI is InChI=1S/C9H17N3O4/c1-3-6(4-8(14)15)12-9(16)11-5-7(13)10-2/h6H,3-5H2,1-2H3,(H,10,13)(H,14,15)(H2,11,12,16). The number of nitrogens with one attached hydrogen (secondary N) is 3. The van der Waals surface area contributed by atoms with Crippen LogP contribution >= 0.6 is 0 Å². The number of hydrogen-bond donors (Lipinski definition) is 4. The van der Waals surface area contributed by atoms with E-state index in [9.17, 15) is 14.4 Å². The Labute approximate surface area is 93.6 Å². The van der Waals surface area contributed by atoms with E-state index in [2.05, 4.69) is 16.0 Å². The van der Waals surface area contributed by atoms with Crippen LogP contribution in [-0.4, -0.2) is 42.6 Å². The number of likely N-dealkylation sites (N-methyl/N-ethyl adjacent to an activating group) is 1. The molecular weight excluding hydrogens is 214 g/mol. The zero-order chi connectivity index (χ0) is 12.6. The van der Waals surface area contributed by atoms with Gasteiger partial charge in [-0.1, -0.05) is 6.92 Å². The van der Waals surface area contributed by atoms with Crippen LogP contribution in [0, 0.1) is 0 Å². The topological polar surface area (TPSA) is 108 Å². The van der Waals surface area contributed by atoms with Gasteiger partial charge in [-0.05, 0) is 6.42 Å². The third kappa shape index (κ3) is 6.63. The van der Waals surface area contributed by atoms with E-state index in [4.69, 9.17) is 5.11 Å². The van der Waals surface area contributed by atoms with Gasteiger partial charge in [-0.3, -0.25) is 9.59 Å². The summed E-state index contributed by atoms with van der Waals surface area (Å²) in [5.74, 6) is -1.29. The first-order valence-corrected chi connectivity index (χ1v) is 4.96. The molecule has 0 aromatic rings. The molecule has 92 valence electrons. The molecule has 16 heavy (non-hydrogen) atoms. The summed E-state index contributed by atoms with van der Waals surface area (Å²) in [4.78, 5) is 32.4. The summed E-state index contributed by atoms with van der Waals surface area (Å²) in [6.45, 7) is 1.64. The molecule has 4 N–H and O–H groups in total. The second kappa shape index (κ2) is 7.49. The maximum absolute atomic E-state index is 11.2. The molecule has 0 aromatic heterocycles. The molecule has 0 aliphatic heterocycles. The van der Waals surface area contributed by atoms with Crippen LogP contribution in [0.3, 0.4) is 0 Å². The first kappa shape index (κ1) is 14.2. The van der Waals surface area contributed by atoms with Gasteiger partial charge in [0.05, 0.1) is 13.0 Å². The molecule has 0 fully saturated rings. The van der Waals surface area contributed by atoms with Gasteiger partial charge in [0.1, 0.15) is 0 Å². The molecule has 1 unspecified atom stereocenters. The van der Waals surface area contributed by atoms with E-state index in [-0.39, 0.29) is 18.9 Å². The fourth-order valence-corrected chi connectivity index (χ4v) is 0.994. The molecule has 0 aliphatic carbocycles. The van der Waals surface area contributed by atoms with E-state index in [1.165, 1.54) is 7.05 Å². The van der Waals surface area contributed by atoms with E-state index in [0.717, 1.165) is 0 Å². The van der Waals surface area contributed by atoms with Crippen molar-refractivity contribution in [3.63, 3.8) is 0 Å². The molecule has 0 aliphatic rings. The summed E-state index contributed by atoms with van der Waals surface area (Å²) >= 11 is 0. The van der Waals surface area contributed by atoms with Crippen molar-refractivity contribution in [2.45, 2.75) is 25.8 Å². The molecule has 0 radical (unpaired) electrons. The summed E-state index contributed by atoms with van der Waals surface area (Å²) in [5, 5.41) is 15.7. The Morgan fingerprint density at radius 2 is 1.94 bits per heavy atom. The molecule has 0 heterocycles. The summed E-state index contributed by atoms with van der Waals surface area (Å²) in [6.07, 6.45) is 0.379. The number of carbonyl (C=O) groups is 3. The Morgan fingerprint density at radius 3 is 2.38 bits per heavy atom. The maximum atomic E-state index is 11.2. The molecule has 0 saturated carbocycles. The van der Waals surface area contributed by atoms with Gasteiger partial charge in [0.25, 0.3) is 0 Å². The van der Waals surface area contributed by atoms with Gasteiger partial charge in [-0.2, -0.15) is 0 Å². The predicted octanol–water partition coefficient (Wildman–Crippen LogP) is -0.715. The largest absolute Gasteiger partial charge is 0.481 e. The molecule has 7 nitrogen and oxygen atoms in total. The van der Waals surface area contributed by atoms with Gasteiger partial charge < -0.3 is 21.1 Å². The third-order valence-corrected chi connectivity index (χ3v) is 1.94. The highest BCUT2D eigenvalue weighted by Crippen LogP contribution is 1.96. The monoisotopic (exact) mass is 231 g/mol. The molecule has 0 bridgehead atoms. The molecule has 3 amide bonds. The highest BCUT2D eigenvalue weighted by Gasteiger charge is 2.13. The van der Waals surface area contributed by atoms with Gasteiger partial charge >= 0.3 is 12.0 Å². The maximum Gasteiger partial charge on any atom is 0.315 e. The third-order valence-electron chi connectivity index (χ3n) is 1.94. The summed E-state index contributed by atoms with van der Waals surface area (Å²) in [5.41, 5.74) is 0. The first-order valence-electron chi connectivity index (χ1n) is 4.96. The van der Waals surface area contributed by atoms with Crippen molar-refractivity contribution in [1.29, 1.82) is 0 Å². The predicted molar refractivity (Wildman–Crippen MR) is 56.9 cm³/mol. The Kier molecular flexibility index (Phi) is 6.66. The fraction of sp³-hybridized carbons (Fsp3) is 0.667. The second-order valence-electron chi connectivity index (χ2n) is 3.20. The van der Waals surface area contributed by atoms with Crippen LogP contribution in [-0.2, 0) is 9.59 Å². The van der Waals surface area contributed by atoms with E-state index < -0.39 is 18.0 Å². The minimum atomic E-state index is -0.974. The quantitative estimate of drug-likeness (QED) is 0.484. The smallest absolute Gasteiger partial charge is 0.315 e. The van der Waals surface area contributed by atoms with Crippen molar-refractivity contribution in [3.8, 4) is 0 Å². The zero-order valence-corrected chi connectivity index (χ0v) is 9.37. The number of urea groups is 1. The second-order valence-corrected chi connectivity index (χ2v) is 3.20. The molecule has 1 atom stereocenters. The van der Waals surface area contributed by atoms with Crippen LogP contribution < -0.4 is 16.0 Å². The zero-order valence-electron chi connectivity index (χ0n) is 9.37. The highest BCUT2D eigenvalue weighted by molar-refractivity contribution is 5.84. The lowest BCUT2D eigenvalue weighted by Gasteiger charge is -2.15. The van der Waals surface area contributed by atoms with E-state index in [1.54, 1.807) is 6.92 Å². The van der Waals surface area contributed by atoms with Crippen LogP contribution in [0.4, 0.5) is 4.79 Å². The van der Waals surface area contributed by atoms with Gasteiger partial charge in [0.15, 0.2) is 0 Å². The average Bonchev–Trinajstić information content (AvgIpc) is 2.24.